The van der Waals surface area contributed by atoms with Crippen molar-refractivity contribution in [1.82, 2.24) is 19.7 Å². The molecule has 5 aromatic rings. The number of H-pyrrole nitrogens is 1. The van der Waals surface area contributed by atoms with Crippen LogP contribution in [0.25, 0.3) is 22.2 Å². The fraction of sp³-hybridized carbons (Fsp3) is 0.214. The molecule has 1 aliphatic rings. The molecular weight excluding hydrogens is 519 g/mol. The molecule has 39 heavy (non-hydrogen) atoms. The summed E-state index contributed by atoms with van der Waals surface area (Å²) in [5.41, 5.74) is 5.69. The summed E-state index contributed by atoms with van der Waals surface area (Å²) in [7, 11) is -3.45. The maximum atomic E-state index is 13.6. The first-order chi connectivity index (χ1) is 18.8. The average molecular weight is 547 g/mol. The summed E-state index contributed by atoms with van der Waals surface area (Å²) in [4.78, 5) is 10.1. The molecule has 3 aromatic heterocycles. The van der Waals surface area contributed by atoms with E-state index in [0.29, 0.717) is 32.0 Å². The Morgan fingerprint density at radius 3 is 2.87 bits per heavy atom. The van der Waals surface area contributed by atoms with E-state index >= 15 is 0 Å². The molecule has 0 bridgehead atoms. The van der Waals surface area contributed by atoms with Crippen molar-refractivity contribution in [2.75, 3.05) is 35.6 Å². The molecule has 0 amide bonds. The minimum Gasteiger partial charge on any atom is -0.377 e. The lowest BCUT2D eigenvalue weighted by Gasteiger charge is -2.38. The molecule has 0 spiro atoms. The molecule has 11 heteroatoms. The predicted molar refractivity (Wildman–Crippen MR) is 149 cm³/mol. The van der Waals surface area contributed by atoms with Gasteiger partial charge in [0.15, 0.2) is 0 Å². The Hall–Kier alpha value is -4.22. The molecule has 4 heterocycles. The summed E-state index contributed by atoms with van der Waals surface area (Å²) in [6.07, 6.45) is 8.60. The molecule has 0 saturated carbocycles. The van der Waals surface area contributed by atoms with E-state index in [4.69, 9.17) is 4.74 Å². The Morgan fingerprint density at radius 1 is 1.15 bits per heavy atom. The fourth-order valence-corrected chi connectivity index (χ4v) is 5.60. The Labute approximate surface area is 225 Å². The van der Waals surface area contributed by atoms with E-state index in [0.717, 1.165) is 45.2 Å². The van der Waals surface area contributed by atoms with Gasteiger partial charge in [-0.3, -0.25) is 9.40 Å². The van der Waals surface area contributed by atoms with Crippen LogP contribution in [0.1, 0.15) is 17.2 Å². The number of nitrogens with one attached hydrogen (secondary N) is 2. The number of fused-ring (bicyclic) bond motifs is 1. The second-order valence-electron chi connectivity index (χ2n) is 9.60. The van der Waals surface area contributed by atoms with Gasteiger partial charge in [-0.1, -0.05) is 24.3 Å². The highest BCUT2D eigenvalue weighted by molar-refractivity contribution is 7.92. The van der Waals surface area contributed by atoms with E-state index in [9.17, 15) is 12.8 Å². The summed E-state index contributed by atoms with van der Waals surface area (Å²) in [6, 6.07) is 15.8. The molecule has 1 atom stereocenters. The topological polar surface area (TPSA) is 105 Å². The molecule has 1 aliphatic heterocycles. The third-order valence-corrected chi connectivity index (χ3v) is 7.34. The monoisotopic (exact) mass is 546 g/mol. The van der Waals surface area contributed by atoms with Gasteiger partial charge in [0.25, 0.3) is 0 Å². The molecular formula is C28H27FN6O3S. The number of aromatic nitrogens is 4. The number of nitrogens with zero attached hydrogens (tertiary/aromatic N) is 4. The normalized spacial score (nSPS) is 16.1. The van der Waals surface area contributed by atoms with Gasteiger partial charge in [0.1, 0.15) is 11.5 Å². The summed E-state index contributed by atoms with van der Waals surface area (Å²) >= 11 is 0. The minimum atomic E-state index is -3.45. The highest BCUT2D eigenvalue weighted by Crippen LogP contribution is 2.37. The first-order valence-electron chi connectivity index (χ1n) is 12.5. The van der Waals surface area contributed by atoms with Gasteiger partial charge in [-0.25, -0.2) is 17.8 Å². The number of benzene rings is 2. The van der Waals surface area contributed by atoms with E-state index in [1.165, 1.54) is 12.1 Å². The lowest BCUT2D eigenvalue weighted by molar-refractivity contribution is 0.0942. The Morgan fingerprint density at radius 2 is 2.03 bits per heavy atom. The van der Waals surface area contributed by atoms with Crippen molar-refractivity contribution in [3.8, 4) is 11.1 Å². The van der Waals surface area contributed by atoms with Gasteiger partial charge in [-0.05, 0) is 41.5 Å². The largest absolute Gasteiger partial charge is 0.377 e. The first-order valence-corrected chi connectivity index (χ1v) is 14.4. The van der Waals surface area contributed by atoms with Crippen LogP contribution >= 0.6 is 0 Å². The van der Waals surface area contributed by atoms with Gasteiger partial charge >= 0.3 is 0 Å². The van der Waals surface area contributed by atoms with Crippen LogP contribution in [-0.4, -0.2) is 54.2 Å². The summed E-state index contributed by atoms with van der Waals surface area (Å²) in [6.45, 7) is 2.02. The maximum absolute atomic E-state index is 13.6. The second-order valence-corrected chi connectivity index (χ2v) is 11.3. The first kappa shape index (κ1) is 25.1. The molecule has 200 valence electrons. The highest BCUT2D eigenvalue weighted by atomic mass is 32.2. The van der Waals surface area contributed by atoms with Crippen LogP contribution < -0.4 is 9.62 Å². The number of rotatable bonds is 7. The number of pyridine rings is 1. The van der Waals surface area contributed by atoms with Crippen LogP contribution in [0, 0.1) is 5.82 Å². The van der Waals surface area contributed by atoms with Gasteiger partial charge in [0.05, 0.1) is 49.6 Å². The zero-order valence-electron chi connectivity index (χ0n) is 21.2. The quantitative estimate of drug-likeness (QED) is 0.310. The summed E-state index contributed by atoms with van der Waals surface area (Å²) < 4.78 is 47.9. The van der Waals surface area contributed by atoms with Gasteiger partial charge < -0.3 is 14.6 Å². The Balaban J connectivity index is 1.33. The molecule has 0 radical (unpaired) electrons. The van der Waals surface area contributed by atoms with Crippen LogP contribution in [0.2, 0.25) is 0 Å². The number of aromatic amines is 1. The van der Waals surface area contributed by atoms with E-state index in [1.54, 1.807) is 29.1 Å². The van der Waals surface area contributed by atoms with Crippen molar-refractivity contribution >= 4 is 32.4 Å². The Kier molecular flexibility index (Phi) is 6.53. The van der Waals surface area contributed by atoms with Crippen molar-refractivity contribution in [2.45, 2.75) is 12.6 Å². The zero-order valence-corrected chi connectivity index (χ0v) is 22.0. The van der Waals surface area contributed by atoms with Crippen molar-refractivity contribution in [2.24, 2.45) is 0 Å². The summed E-state index contributed by atoms with van der Waals surface area (Å²) in [5.74, 6) is -0.273. The van der Waals surface area contributed by atoms with Crippen molar-refractivity contribution in [3.63, 3.8) is 0 Å². The van der Waals surface area contributed by atoms with Crippen LogP contribution in [0.4, 0.5) is 15.8 Å². The average Bonchev–Trinajstić information content (AvgIpc) is 3.54. The van der Waals surface area contributed by atoms with E-state index in [2.05, 4.69) is 30.8 Å². The number of hydrogen-bond acceptors (Lipinski definition) is 6. The highest BCUT2D eigenvalue weighted by Gasteiger charge is 2.28. The smallest absolute Gasteiger partial charge is 0.229 e. The van der Waals surface area contributed by atoms with Gasteiger partial charge in [0.2, 0.25) is 10.0 Å². The maximum Gasteiger partial charge on any atom is 0.229 e. The molecule has 2 aromatic carbocycles. The third kappa shape index (κ3) is 5.36. The molecule has 1 unspecified atom stereocenters. The van der Waals surface area contributed by atoms with Crippen LogP contribution in [-0.2, 0) is 21.3 Å². The van der Waals surface area contributed by atoms with Gasteiger partial charge in [-0.15, -0.1) is 0 Å². The number of sulfonamides is 1. The number of hydrogen-bond donors (Lipinski definition) is 2. The second kappa shape index (κ2) is 10.2. The SMILES string of the molecule is CS(=O)(=O)Nc1ccccc1N1CCOCC1c1cnc2[nH]cc(-c3cnn(Cc4cccc(F)c4)c3)c2c1. The fourth-order valence-electron chi connectivity index (χ4n) is 5.03. The summed E-state index contributed by atoms with van der Waals surface area (Å²) in [5, 5.41) is 5.42. The van der Waals surface area contributed by atoms with Crippen molar-refractivity contribution in [3.05, 3.63) is 96.3 Å². The Bertz CT molecular complexity index is 1750. The van der Waals surface area contributed by atoms with Crippen molar-refractivity contribution < 1.29 is 17.5 Å². The molecule has 0 aliphatic carbocycles. The number of anilines is 2. The van der Waals surface area contributed by atoms with Crippen LogP contribution in [0.5, 0.6) is 0 Å². The van der Waals surface area contributed by atoms with E-state index in [-0.39, 0.29) is 11.9 Å². The standard InChI is InChI=1S/C28H27FN6O3S/c1-39(36,37)33-25-7-2-3-8-26(25)35-9-10-38-18-27(35)20-12-23-24(15-31-28(23)30-13-20)21-14-32-34(17-21)16-19-5-4-6-22(29)11-19/h2-8,11-15,17,27,33H,9-10,16,18H2,1H3,(H,30,31). The molecule has 2 N–H and O–H groups in total. The van der Waals surface area contributed by atoms with Crippen LogP contribution in [0.3, 0.4) is 0 Å². The van der Waals surface area contributed by atoms with Crippen LogP contribution in [0.15, 0.2) is 79.4 Å². The van der Waals surface area contributed by atoms with Crippen molar-refractivity contribution in [1.29, 1.82) is 0 Å². The van der Waals surface area contributed by atoms with Gasteiger partial charge in [-0.2, -0.15) is 5.10 Å². The number of morpholine rings is 1. The lowest BCUT2D eigenvalue weighted by Crippen LogP contribution is -2.40. The predicted octanol–water partition coefficient (Wildman–Crippen LogP) is 4.56. The zero-order chi connectivity index (χ0) is 27.0. The minimum absolute atomic E-state index is 0.170. The van der Waals surface area contributed by atoms with Gasteiger partial charge in [0, 0.05) is 41.6 Å². The lowest BCUT2D eigenvalue weighted by atomic mass is 10.0. The third-order valence-electron chi connectivity index (χ3n) is 6.75. The molecule has 9 nitrogen and oxygen atoms in total. The molecule has 6 rings (SSSR count). The molecule has 1 saturated heterocycles. The number of para-hydroxylation sites is 2. The molecule has 1 fully saturated rings. The number of ether oxygens (including phenoxy) is 1. The number of halogens is 1. The van der Waals surface area contributed by atoms with E-state index in [1.807, 2.05) is 36.8 Å². The van der Waals surface area contributed by atoms with E-state index < -0.39 is 10.0 Å².